The summed E-state index contributed by atoms with van der Waals surface area (Å²) in [6, 6.07) is -1.89. The quantitative estimate of drug-likeness (QED) is 0.137. The first-order valence-electron chi connectivity index (χ1n) is 8.78. The van der Waals surface area contributed by atoms with Crippen molar-refractivity contribution in [2.45, 2.75) is 25.1 Å². The second-order valence-corrected chi connectivity index (χ2v) is 9.54. The van der Waals surface area contributed by atoms with E-state index in [2.05, 4.69) is 16.0 Å². The van der Waals surface area contributed by atoms with E-state index in [4.69, 9.17) is 0 Å². The number of halogens is 3. The van der Waals surface area contributed by atoms with E-state index in [1.807, 2.05) is 45.2 Å². The molecule has 8 N–H and O–H groups in total. The van der Waals surface area contributed by atoms with Crippen LogP contribution in [0.5, 0.6) is 0 Å². The minimum absolute atomic E-state index is 0. The molecular formula is C17H22AcI3N3O8. The molecule has 0 bridgehead atoms. The second-order valence-electron chi connectivity index (χ2n) is 6.30. The number of rotatable bonds is 10. The number of nitrogens with one attached hydrogen (secondary N) is 3. The minimum atomic E-state index is -1.36. The number of benzene rings is 1. The van der Waals surface area contributed by atoms with Crippen molar-refractivity contribution >= 4 is 91.2 Å². The third-order valence-corrected chi connectivity index (χ3v) is 7.19. The van der Waals surface area contributed by atoms with Crippen molar-refractivity contribution < 1.29 is 84.0 Å². The molecule has 0 aromatic heterocycles. The van der Waals surface area contributed by atoms with Gasteiger partial charge in [-0.3, -0.25) is 14.4 Å². The number of carbonyl (C=O) groups excluding carboxylic acids is 3. The van der Waals surface area contributed by atoms with Gasteiger partial charge in [0.1, 0.15) is 6.10 Å². The van der Waals surface area contributed by atoms with Gasteiger partial charge in [0.05, 0.1) is 62.5 Å². The Morgan fingerprint density at radius 1 is 0.781 bits per heavy atom. The summed E-state index contributed by atoms with van der Waals surface area (Å²) in [5, 5.41) is 54.0. The average Bonchev–Trinajstić information content (AvgIpc) is 2.72. The smallest absolute Gasteiger partial charge is 0.253 e. The third-order valence-electron chi connectivity index (χ3n) is 3.95. The van der Waals surface area contributed by atoms with Crippen LogP contribution in [-0.2, 0) is 4.79 Å². The first-order valence-corrected chi connectivity index (χ1v) is 12.0. The van der Waals surface area contributed by atoms with Crippen molar-refractivity contribution in [3.05, 3.63) is 21.8 Å². The maximum Gasteiger partial charge on any atom is 0.253 e. The molecule has 0 spiro atoms. The molecule has 0 fully saturated rings. The summed E-state index contributed by atoms with van der Waals surface area (Å²) in [5.74, 6) is -2.18. The fourth-order valence-corrected chi connectivity index (χ4v) is 6.63. The molecule has 1 unspecified atom stereocenters. The van der Waals surface area contributed by atoms with Crippen LogP contribution in [0.15, 0.2) is 0 Å². The van der Waals surface area contributed by atoms with Gasteiger partial charge in [-0.25, -0.2) is 0 Å². The van der Waals surface area contributed by atoms with Crippen LogP contribution in [0, 0.1) is 54.8 Å². The Kier molecular flexibility index (Phi) is 16.5. The molecule has 177 valence electrons. The molecule has 1 radical (unpaired) electrons. The van der Waals surface area contributed by atoms with Gasteiger partial charge in [-0.1, -0.05) is 0 Å². The zero-order valence-electron chi connectivity index (χ0n) is 16.7. The average molecular weight is 1000 g/mol. The Balaban J connectivity index is 0.00000961. The van der Waals surface area contributed by atoms with E-state index in [-0.39, 0.29) is 71.6 Å². The molecule has 1 atom stereocenters. The van der Waals surface area contributed by atoms with Gasteiger partial charge < -0.3 is 41.5 Å². The van der Waals surface area contributed by atoms with E-state index >= 15 is 0 Å². The number of anilines is 1. The molecule has 0 saturated carbocycles. The Hall–Kier alpha value is 1.06. The Morgan fingerprint density at radius 2 is 1.12 bits per heavy atom. The largest absolute Gasteiger partial charge is 0.394 e. The van der Waals surface area contributed by atoms with Gasteiger partial charge >= 0.3 is 0 Å². The van der Waals surface area contributed by atoms with Crippen LogP contribution in [0.25, 0.3) is 0 Å². The topological polar surface area (TPSA) is 188 Å². The van der Waals surface area contributed by atoms with E-state index in [1.54, 1.807) is 22.6 Å². The first-order chi connectivity index (χ1) is 14.5. The van der Waals surface area contributed by atoms with Gasteiger partial charge in [-0.05, 0) is 74.7 Å². The van der Waals surface area contributed by atoms with Crippen molar-refractivity contribution in [3.63, 3.8) is 0 Å². The van der Waals surface area contributed by atoms with Crippen molar-refractivity contribution in [1.82, 2.24) is 10.6 Å². The van der Waals surface area contributed by atoms with E-state index in [0.29, 0.717) is 0 Å². The first kappa shape index (κ1) is 33.1. The van der Waals surface area contributed by atoms with Gasteiger partial charge in [0.2, 0.25) is 0 Å². The maximum absolute atomic E-state index is 12.9. The summed E-state index contributed by atoms with van der Waals surface area (Å²) >= 11 is 5.41. The van der Waals surface area contributed by atoms with Gasteiger partial charge in [-0.2, -0.15) is 0 Å². The SMILES string of the molecule is CC(O)C(=O)Nc1c(I)c(C(=O)NC(CO)CO)c(I)c(C(=O)NC(CO)CO)c1I.[Ac]. The predicted molar refractivity (Wildman–Crippen MR) is 136 cm³/mol. The molecule has 32 heavy (non-hydrogen) atoms. The van der Waals surface area contributed by atoms with Crippen molar-refractivity contribution in [2.75, 3.05) is 31.7 Å². The molecule has 1 aromatic carbocycles. The van der Waals surface area contributed by atoms with E-state index in [0.717, 1.165) is 0 Å². The van der Waals surface area contributed by atoms with Crippen LogP contribution in [0.2, 0.25) is 0 Å². The Morgan fingerprint density at radius 3 is 1.41 bits per heavy atom. The van der Waals surface area contributed by atoms with Gasteiger partial charge in [-0.15, -0.1) is 0 Å². The van der Waals surface area contributed by atoms with Gasteiger partial charge in [0.25, 0.3) is 17.7 Å². The molecular weight excluding hydrogens is 982 g/mol. The number of aliphatic hydroxyl groups excluding tert-OH is 5. The summed E-state index contributed by atoms with van der Waals surface area (Å²) in [6.45, 7) is -0.829. The summed E-state index contributed by atoms with van der Waals surface area (Å²) in [6.07, 6.45) is -1.36. The van der Waals surface area contributed by atoms with Gasteiger partial charge in [0.15, 0.2) is 0 Å². The van der Waals surface area contributed by atoms with Crippen LogP contribution in [-0.4, -0.2) is 87.9 Å². The Labute approximate surface area is 260 Å². The second kappa shape index (κ2) is 15.9. The number of hydrogen-bond acceptors (Lipinski definition) is 8. The fraction of sp³-hybridized carbons (Fsp3) is 0.471. The van der Waals surface area contributed by atoms with Crippen molar-refractivity contribution in [1.29, 1.82) is 0 Å². The zero-order valence-corrected chi connectivity index (χ0v) is 28.0. The summed E-state index contributed by atoms with van der Waals surface area (Å²) in [4.78, 5) is 37.9. The third kappa shape index (κ3) is 8.62. The van der Waals surface area contributed by atoms with Crippen LogP contribution in [0.1, 0.15) is 27.6 Å². The number of hydrogen-bond donors (Lipinski definition) is 8. The molecule has 0 aliphatic heterocycles. The summed E-state index contributed by atoms with van der Waals surface area (Å²) in [5.41, 5.74) is 0.116. The molecule has 1 aromatic rings. The number of carbonyl (C=O) groups is 3. The van der Waals surface area contributed by atoms with E-state index in [1.165, 1.54) is 6.92 Å². The predicted octanol–water partition coefficient (Wildman–Crippen LogP) is -1.01. The molecule has 0 aliphatic rings. The van der Waals surface area contributed by atoms with E-state index < -0.39 is 62.3 Å². The van der Waals surface area contributed by atoms with Crippen LogP contribution in [0.4, 0.5) is 5.69 Å². The molecule has 1 rings (SSSR count). The molecule has 15 heteroatoms. The Bertz CT molecular complexity index is 783. The number of amides is 3. The van der Waals surface area contributed by atoms with E-state index in [9.17, 15) is 39.9 Å². The van der Waals surface area contributed by atoms with Crippen molar-refractivity contribution in [3.8, 4) is 0 Å². The summed E-state index contributed by atoms with van der Waals surface area (Å²) in [7, 11) is 0. The molecule has 0 aliphatic carbocycles. The zero-order chi connectivity index (χ0) is 23.9. The monoisotopic (exact) mass is 1000 g/mol. The molecule has 0 heterocycles. The van der Waals surface area contributed by atoms with Crippen LogP contribution < -0.4 is 16.0 Å². The molecule has 0 saturated heterocycles. The number of aliphatic hydroxyl groups is 5. The minimum Gasteiger partial charge on any atom is -0.394 e. The van der Waals surface area contributed by atoms with Crippen LogP contribution in [0.3, 0.4) is 0 Å². The van der Waals surface area contributed by atoms with Crippen LogP contribution >= 0.6 is 67.8 Å². The van der Waals surface area contributed by atoms with Crippen molar-refractivity contribution in [2.24, 2.45) is 0 Å². The molecule has 3 amide bonds. The fourth-order valence-electron chi connectivity index (χ4n) is 2.21. The maximum atomic E-state index is 12.9. The standard InChI is InChI=1S/C17H22I3N3O8.Ac/c1-6(28)15(29)23-14-12(19)9(16(30)21-7(2-24)3-25)11(18)10(13(14)20)17(31)22-8(4-26)5-27;/h6-8,24-28H,2-5H2,1H3,(H,21,30)(H,22,31)(H,23,29);. The van der Waals surface area contributed by atoms with Gasteiger partial charge in [0, 0.05) is 47.6 Å². The summed E-state index contributed by atoms with van der Waals surface area (Å²) < 4.78 is 0.746. The normalized spacial score (nSPS) is 11.7. The molecule has 11 nitrogen and oxygen atoms in total.